The van der Waals surface area contributed by atoms with Crippen molar-refractivity contribution in [2.75, 3.05) is 5.32 Å². The second kappa shape index (κ2) is 7.98. The average molecular weight is 433 g/mol. The number of nitrogens with two attached hydrogens (primary N) is 1. The van der Waals surface area contributed by atoms with Gasteiger partial charge in [-0.05, 0) is 31.9 Å². The van der Waals surface area contributed by atoms with Crippen LogP contribution in [0.25, 0.3) is 11.3 Å². The summed E-state index contributed by atoms with van der Waals surface area (Å²) in [5.74, 6) is -0.301. The van der Waals surface area contributed by atoms with Crippen molar-refractivity contribution in [1.29, 1.82) is 0 Å². The molecule has 0 radical (unpaired) electrons. The Morgan fingerprint density at radius 2 is 2.14 bits per heavy atom. The third kappa shape index (κ3) is 4.48. The molecule has 0 bridgehead atoms. The summed E-state index contributed by atoms with van der Waals surface area (Å²) in [6.45, 7) is 3.86. The van der Waals surface area contributed by atoms with Gasteiger partial charge in [0.25, 0.3) is 0 Å². The van der Waals surface area contributed by atoms with Gasteiger partial charge in [-0.25, -0.2) is 4.98 Å². The zero-order valence-corrected chi connectivity index (χ0v) is 16.9. The van der Waals surface area contributed by atoms with Crippen LogP contribution in [0.1, 0.15) is 37.1 Å². The predicted molar refractivity (Wildman–Crippen MR) is 104 cm³/mol. The maximum Gasteiger partial charge on any atom is 0.417 e. The maximum atomic E-state index is 13.3. The molecule has 1 aliphatic rings. The van der Waals surface area contributed by atoms with Crippen LogP contribution in [0.3, 0.4) is 0 Å². The largest absolute Gasteiger partial charge is 0.417 e. The van der Waals surface area contributed by atoms with Crippen LogP contribution in [0.4, 0.5) is 18.3 Å². The molecule has 1 aromatic heterocycles. The number of likely N-dealkylation sites (tertiary alicyclic amines) is 1. The van der Waals surface area contributed by atoms with Gasteiger partial charge in [-0.15, -0.1) is 0 Å². The summed E-state index contributed by atoms with van der Waals surface area (Å²) in [6, 6.07) is 3.96. The van der Waals surface area contributed by atoms with E-state index in [1.807, 2.05) is 0 Å². The van der Waals surface area contributed by atoms with Gasteiger partial charge in [-0.1, -0.05) is 29.0 Å². The number of hydrogen-bond donors (Lipinski definition) is 2. The summed E-state index contributed by atoms with van der Waals surface area (Å²) < 4.78 is 39.8. The molecule has 0 spiro atoms. The maximum absolute atomic E-state index is 13.3. The summed E-state index contributed by atoms with van der Waals surface area (Å²) in [7, 11) is 0. The molecule has 0 unspecified atom stereocenters. The predicted octanol–water partition coefficient (Wildman–Crippen LogP) is 4.71. The van der Waals surface area contributed by atoms with Crippen LogP contribution < -0.4 is 11.1 Å². The number of halogens is 4. The molecule has 3 N–H and O–H groups in total. The molecule has 1 fully saturated rings. The molecule has 1 amide bonds. The molecule has 2 atom stereocenters. The van der Waals surface area contributed by atoms with Crippen LogP contribution in [0.5, 0.6) is 0 Å². The van der Waals surface area contributed by atoms with E-state index in [1.165, 1.54) is 30.4 Å². The fourth-order valence-electron chi connectivity index (χ4n) is 3.29. The summed E-state index contributed by atoms with van der Waals surface area (Å²) in [6.07, 6.45) is -2.89. The number of carbonyl (C=O) groups excluding carboxylic acids is 1. The lowest BCUT2D eigenvalue weighted by molar-refractivity contribution is -0.137. The Bertz CT molecular complexity index is 876. The van der Waals surface area contributed by atoms with Crippen molar-refractivity contribution in [2.45, 2.75) is 51.6 Å². The van der Waals surface area contributed by atoms with Gasteiger partial charge < -0.3 is 11.1 Å². The van der Waals surface area contributed by atoms with Crippen LogP contribution in [0.15, 0.2) is 18.2 Å². The number of nitrogens with one attached hydrogen (secondary N) is 1. The third-order valence-electron chi connectivity index (χ3n) is 4.72. The van der Waals surface area contributed by atoms with Crippen molar-refractivity contribution in [3.05, 3.63) is 33.7 Å². The molecule has 0 saturated carbocycles. The van der Waals surface area contributed by atoms with Crippen molar-refractivity contribution in [3.63, 3.8) is 0 Å². The number of anilines is 1. The lowest BCUT2D eigenvalue weighted by atomic mass is 10.1. The van der Waals surface area contributed by atoms with Crippen molar-refractivity contribution < 1.29 is 18.0 Å². The molecule has 3 rings (SSSR count). The summed E-state index contributed by atoms with van der Waals surface area (Å²) in [5.41, 5.74) is 5.93. The number of rotatable bonds is 4. The zero-order valence-electron chi connectivity index (χ0n) is 15.3. The van der Waals surface area contributed by atoms with Crippen LogP contribution in [-0.2, 0) is 17.5 Å². The Morgan fingerprint density at radius 1 is 1.43 bits per heavy atom. The second-order valence-corrected chi connectivity index (χ2v) is 8.32. The number of amides is 1. The minimum Gasteiger partial charge on any atom is -0.316 e. The van der Waals surface area contributed by atoms with E-state index in [1.54, 1.807) is 0 Å². The minimum atomic E-state index is -4.57. The number of alkyl halides is 3. The molecule has 152 valence electrons. The van der Waals surface area contributed by atoms with E-state index >= 15 is 0 Å². The van der Waals surface area contributed by atoms with Gasteiger partial charge in [-0.2, -0.15) is 13.2 Å². The molecule has 5 nitrogen and oxygen atoms in total. The van der Waals surface area contributed by atoms with Crippen LogP contribution in [0, 0.1) is 0 Å². The minimum absolute atomic E-state index is 0.120. The first-order valence-corrected chi connectivity index (χ1v) is 9.91. The highest BCUT2D eigenvalue weighted by Gasteiger charge is 2.34. The number of aromatic nitrogens is 1. The van der Waals surface area contributed by atoms with Gasteiger partial charge in [0.05, 0.1) is 22.4 Å². The molecular weight excluding hydrogens is 413 g/mol. The van der Waals surface area contributed by atoms with Crippen molar-refractivity contribution >= 4 is 34.0 Å². The van der Waals surface area contributed by atoms with E-state index in [4.69, 9.17) is 17.3 Å². The zero-order chi connectivity index (χ0) is 20.6. The van der Waals surface area contributed by atoms with E-state index in [0.717, 1.165) is 23.8 Å². The number of hydrogen-bond acceptors (Lipinski definition) is 5. The normalized spacial score (nSPS) is 20.5. The summed E-state index contributed by atoms with van der Waals surface area (Å²) >= 11 is 6.97. The van der Waals surface area contributed by atoms with Crippen molar-refractivity contribution in [1.82, 2.24) is 9.88 Å². The van der Waals surface area contributed by atoms with Gasteiger partial charge in [-0.3, -0.25) is 9.69 Å². The third-order valence-corrected chi connectivity index (χ3v) is 6.01. The number of carbonyl (C=O) groups is 1. The Labute approximate surface area is 169 Å². The first-order valence-electron chi connectivity index (χ1n) is 8.72. The van der Waals surface area contributed by atoms with E-state index in [-0.39, 0.29) is 23.1 Å². The van der Waals surface area contributed by atoms with E-state index in [2.05, 4.69) is 22.1 Å². The van der Waals surface area contributed by atoms with Gasteiger partial charge in [0.1, 0.15) is 0 Å². The highest BCUT2D eigenvalue weighted by atomic mass is 35.5. The fourth-order valence-corrected chi connectivity index (χ4v) is 4.55. The molecule has 1 aliphatic heterocycles. The Balaban J connectivity index is 2.04. The lowest BCUT2D eigenvalue weighted by Gasteiger charge is -2.25. The highest BCUT2D eigenvalue weighted by Crippen LogP contribution is 2.40. The van der Waals surface area contributed by atoms with Crippen LogP contribution in [0.2, 0.25) is 5.02 Å². The van der Waals surface area contributed by atoms with Crippen molar-refractivity contribution in [3.8, 4) is 11.3 Å². The summed E-state index contributed by atoms with van der Waals surface area (Å²) in [5, 5.41) is 2.57. The molecule has 0 aliphatic carbocycles. The molecule has 1 aromatic carbocycles. The molecular formula is C18H20ClF3N4OS. The standard InChI is InChI=1S/C18H20ClF3N4OS/c1-9-3-6-15(23)26(9)8-14-16(25-17(28-14)24-10(2)27)11-4-5-13(19)12(7-11)18(20,21)22/h4-5,7,9,15H,3,6,8,23H2,1-2H3,(H,24,25,27)/t9-,15+/m1/s1. The second-order valence-electron chi connectivity index (χ2n) is 6.83. The molecule has 28 heavy (non-hydrogen) atoms. The number of benzene rings is 1. The Morgan fingerprint density at radius 3 is 2.71 bits per heavy atom. The van der Waals surface area contributed by atoms with Gasteiger partial charge >= 0.3 is 6.18 Å². The van der Waals surface area contributed by atoms with Crippen molar-refractivity contribution in [2.24, 2.45) is 5.73 Å². The topological polar surface area (TPSA) is 71.2 Å². The lowest BCUT2D eigenvalue weighted by Crippen LogP contribution is -2.39. The number of nitrogens with zero attached hydrogens (tertiary/aromatic N) is 2. The molecule has 10 heteroatoms. The Hall–Kier alpha value is -1.68. The van der Waals surface area contributed by atoms with E-state index < -0.39 is 11.7 Å². The smallest absolute Gasteiger partial charge is 0.316 e. The van der Waals surface area contributed by atoms with E-state index in [0.29, 0.717) is 22.9 Å². The van der Waals surface area contributed by atoms with Gasteiger partial charge in [0.15, 0.2) is 5.13 Å². The van der Waals surface area contributed by atoms with Crippen LogP contribution in [-0.4, -0.2) is 28.0 Å². The van der Waals surface area contributed by atoms with E-state index in [9.17, 15) is 18.0 Å². The fraction of sp³-hybridized carbons (Fsp3) is 0.444. The molecule has 1 saturated heterocycles. The first-order chi connectivity index (χ1) is 13.1. The van der Waals surface area contributed by atoms with Crippen LogP contribution >= 0.6 is 22.9 Å². The highest BCUT2D eigenvalue weighted by molar-refractivity contribution is 7.16. The summed E-state index contributed by atoms with van der Waals surface area (Å²) in [4.78, 5) is 18.6. The molecule has 2 heterocycles. The van der Waals surface area contributed by atoms with Gasteiger partial charge in [0, 0.05) is 30.0 Å². The monoisotopic (exact) mass is 432 g/mol. The average Bonchev–Trinajstić information content (AvgIpc) is 3.12. The van der Waals surface area contributed by atoms with Gasteiger partial charge in [0.2, 0.25) is 5.91 Å². The Kier molecular flexibility index (Phi) is 6.00. The molecule has 2 aromatic rings. The number of thiazole rings is 1. The quantitative estimate of drug-likeness (QED) is 0.734. The SMILES string of the molecule is CC(=O)Nc1nc(-c2ccc(Cl)c(C(F)(F)F)c2)c(CN2[C@H](C)CC[C@H]2N)s1. The first kappa shape index (κ1) is 21.0.